The lowest BCUT2D eigenvalue weighted by atomic mass is 10.1. The zero-order valence-electron chi connectivity index (χ0n) is 9.56. The lowest BCUT2D eigenvalue weighted by Crippen LogP contribution is -1.90. The minimum atomic E-state index is 0.651. The first-order valence-electron chi connectivity index (χ1n) is 5.25. The molecule has 0 unspecified atom stereocenters. The van der Waals surface area contributed by atoms with Gasteiger partial charge < -0.3 is 0 Å². The van der Waals surface area contributed by atoms with E-state index in [9.17, 15) is 0 Å². The summed E-state index contributed by atoms with van der Waals surface area (Å²) < 4.78 is 0. The molecule has 0 aromatic carbocycles. The van der Waals surface area contributed by atoms with E-state index in [0.717, 1.165) is 17.7 Å². The van der Waals surface area contributed by atoms with Crippen LogP contribution < -0.4 is 0 Å². The van der Waals surface area contributed by atoms with Gasteiger partial charge in [-0.1, -0.05) is 32.2 Å². The summed E-state index contributed by atoms with van der Waals surface area (Å²) in [6, 6.07) is 5.82. The van der Waals surface area contributed by atoms with E-state index in [1.807, 2.05) is 18.2 Å². The van der Waals surface area contributed by atoms with Crippen LogP contribution in [0.3, 0.4) is 0 Å². The number of nitrogens with zero attached hydrogens (tertiary/aromatic N) is 2. The fourth-order valence-corrected chi connectivity index (χ4v) is 1.18. The van der Waals surface area contributed by atoms with Gasteiger partial charge in [0.05, 0.1) is 11.4 Å². The van der Waals surface area contributed by atoms with Gasteiger partial charge in [-0.2, -0.15) is 0 Å². The second kappa shape index (κ2) is 6.51. The molecule has 82 valence electrons. The Morgan fingerprint density at radius 1 is 1.50 bits per heavy atom. The number of rotatable bonds is 5. The summed E-state index contributed by atoms with van der Waals surface area (Å²) in [5.41, 5.74) is 2.58. The van der Waals surface area contributed by atoms with Crippen LogP contribution in [0.1, 0.15) is 19.0 Å². The quantitative estimate of drug-likeness (QED) is 0.540. The average Bonchev–Trinajstić information content (AvgIpc) is 2.35. The molecule has 0 aliphatic rings. The Morgan fingerprint density at radius 2 is 2.31 bits per heavy atom. The van der Waals surface area contributed by atoms with E-state index in [1.165, 1.54) is 0 Å². The molecular weight excluding hydrogens is 196 g/mol. The highest BCUT2D eigenvalue weighted by atomic mass is 14.7. The molecule has 0 radical (unpaired) electrons. The molecule has 0 saturated heterocycles. The highest BCUT2D eigenvalue weighted by Gasteiger charge is 1.97. The van der Waals surface area contributed by atoms with E-state index in [1.54, 1.807) is 18.5 Å². The Balaban J connectivity index is 2.94. The molecular formula is C14H16N2. The van der Waals surface area contributed by atoms with Gasteiger partial charge in [-0.3, -0.25) is 9.98 Å². The molecule has 0 fully saturated rings. The Kier molecular flexibility index (Phi) is 4.93. The average molecular weight is 212 g/mol. The van der Waals surface area contributed by atoms with Gasteiger partial charge in [-0.05, 0) is 24.6 Å². The Morgan fingerprint density at radius 3 is 2.88 bits per heavy atom. The first kappa shape index (κ1) is 12.1. The van der Waals surface area contributed by atoms with Crippen LogP contribution in [0.5, 0.6) is 0 Å². The van der Waals surface area contributed by atoms with E-state index in [-0.39, 0.29) is 0 Å². The molecule has 0 atom stereocenters. The number of allylic oxidation sites excluding steroid dienone is 3. The molecule has 0 spiro atoms. The van der Waals surface area contributed by atoms with Crippen LogP contribution in [0.15, 0.2) is 60.4 Å². The largest absolute Gasteiger partial charge is 0.257 e. The highest BCUT2D eigenvalue weighted by Crippen LogP contribution is 2.10. The third-order valence-electron chi connectivity index (χ3n) is 1.99. The van der Waals surface area contributed by atoms with Gasteiger partial charge in [0.2, 0.25) is 0 Å². The first-order valence-corrected chi connectivity index (χ1v) is 5.25. The SMILES string of the molecule is C=CC(=C)N=C/C(=C\CC)c1ccccn1. The van der Waals surface area contributed by atoms with Crippen molar-refractivity contribution in [3.8, 4) is 0 Å². The van der Waals surface area contributed by atoms with Crippen molar-refractivity contribution < 1.29 is 0 Å². The highest BCUT2D eigenvalue weighted by molar-refractivity contribution is 6.09. The second-order valence-corrected chi connectivity index (χ2v) is 3.24. The van der Waals surface area contributed by atoms with Crippen LogP contribution in [0.4, 0.5) is 0 Å². The Bertz CT molecular complexity index is 414. The van der Waals surface area contributed by atoms with Gasteiger partial charge in [0, 0.05) is 18.0 Å². The number of pyridine rings is 1. The monoisotopic (exact) mass is 212 g/mol. The smallest absolute Gasteiger partial charge is 0.0714 e. The van der Waals surface area contributed by atoms with Crippen molar-refractivity contribution in [3.05, 3.63) is 61.1 Å². The van der Waals surface area contributed by atoms with Crippen molar-refractivity contribution in [2.75, 3.05) is 0 Å². The summed E-state index contributed by atoms with van der Waals surface area (Å²) in [6.07, 6.45) is 8.20. The van der Waals surface area contributed by atoms with E-state index < -0.39 is 0 Å². The van der Waals surface area contributed by atoms with Crippen molar-refractivity contribution in [1.29, 1.82) is 0 Å². The van der Waals surface area contributed by atoms with Gasteiger partial charge in [0.25, 0.3) is 0 Å². The number of hydrogen-bond acceptors (Lipinski definition) is 2. The third kappa shape index (κ3) is 3.65. The molecule has 0 aliphatic heterocycles. The molecule has 0 aliphatic carbocycles. The topological polar surface area (TPSA) is 25.2 Å². The van der Waals surface area contributed by atoms with Crippen LogP contribution >= 0.6 is 0 Å². The minimum Gasteiger partial charge on any atom is -0.257 e. The van der Waals surface area contributed by atoms with Crippen molar-refractivity contribution in [2.45, 2.75) is 13.3 Å². The fourth-order valence-electron chi connectivity index (χ4n) is 1.18. The molecule has 2 heteroatoms. The summed E-state index contributed by atoms with van der Waals surface area (Å²) in [7, 11) is 0. The third-order valence-corrected chi connectivity index (χ3v) is 1.99. The molecule has 0 bridgehead atoms. The lowest BCUT2D eigenvalue weighted by Gasteiger charge is -2.00. The fraction of sp³-hybridized carbons (Fsp3) is 0.143. The molecule has 1 aromatic rings. The molecule has 1 rings (SSSR count). The summed E-state index contributed by atoms with van der Waals surface area (Å²) in [6.45, 7) is 9.43. The maximum Gasteiger partial charge on any atom is 0.0714 e. The van der Waals surface area contributed by atoms with Crippen LogP contribution in [0.25, 0.3) is 5.57 Å². The zero-order chi connectivity index (χ0) is 11.8. The van der Waals surface area contributed by atoms with Crippen LogP contribution in [0.2, 0.25) is 0 Å². The molecule has 0 amide bonds. The molecule has 1 aromatic heterocycles. The van der Waals surface area contributed by atoms with Crippen LogP contribution in [-0.4, -0.2) is 11.2 Å². The van der Waals surface area contributed by atoms with Gasteiger partial charge in [-0.15, -0.1) is 0 Å². The normalized spacial score (nSPS) is 11.7. The lowest BCUT2D eigenvalue weighted by molar-refractivity contribution is 1.21. The van der Waals surface area contributed by atoms with Gasteiger partial charge in [0.1, 0.15) is 0 Å². The van der Waals surface area contributed by atoms with Crippen molar-refractivity contribution in [2.24, 2.45) is 4.99 Å². The molecule has 16 heavy (non-hydrogen) atoms. The molecule has 0 saturated carbocycles. The van der Waals surface area contributed by atoms with Crippen molar-refractivity contribution >= 4 is 11.8 Å². The van der Waals surface area contributed by atoms with E-state index in [0.29, 0.717) is 5.70 Å². The number of aromatic nitrogens is 1. The number of aliphatic imine (C=N–C) groups is 1. The van der Waals surface area contributed by atoms with Gasteiger partial charge >= 0.3 is 0 Å². The van der Waals surface area contributed by atoms with Crippen LogP contribution in [0, 0.1) is 0 Å². The molecule has 2 nitrogen and oxygen atoms in total. The summed E-state index contributed by atoms with van der Waals surface area (Å²) in [5, 5.41) is 0. The standard InChI is InChI=1S/C14H16N2/c1-4-8-13(11-16-12(3)5-2)14-9-6-7-10-15-14/h5-11H,2-4H2,1H3/b13-8+,16-11?. The van der Waals surface area contributed by atoms with E-state index in [4.69, 9.17) is 0 Å². The Hall–Kier alpha value is -1.96. The number of hydrogen-bond donors (Lipinski definition) is 0. The van der Waals surface area contributed by atoms with E-state index in [2.05, 4.69) is 36.1 Å². The Labute approximate surface area is 96.8 Å². The maximum absolute atomic E-state index is 4.29. The van der Waals surface area contributed by atoms with Crippen molar-refractivity contribution in [3.63, 3.8) is 0 Å². The maximum atomic E-state index is 4.29. The van der Waals surface area contributed by atoms with Gasteiger partial charge in [0.15, 0.2) is 0 Å². The summed E-state index contributed by atoms with van der Waals surface area (Å²) in [5.74, 6) is 0. The van der Waals surface area contributed by atoms with Crippen molar-refractivity contribution in [1.82, 2.24) is 4.98 Å². The first-order chi connectivity index (χ1) is 7.77. The molecule has 1 heterocycles. The summed E-state index contributed by atoms with van der Waals surface area (Å²) >= 11 is 0. The van der Waals surface area contributed by atoms with Crippen LogP contribution in [-0.2, 0) is 0 Å². The predicted octanol–water partition coefficient (Wildman–Crippen LogP) is 3.65. The predicted molar refractivity (Wildman–Crippen MR) is 70.3 cm³/mol. The summed E-state index contributed by atoms with van der Waals surface area (Å²) in [4.78, 5) is 8.48. The second-order valence-electron chi connectivity index (χ2n) is 3.24. The van der Waals surface area contributed by atoms with E-state index >= 15 is 0 Å². The zero-order valence-corrected chi connectivity index (χ0v) is 9.56. The minimum absolute atomic E-state index is 0.651. The van der Waals surface area contributed by atoms with Gasteiger partial charge in [-0.25, -0.2) is 0 Å². The molecule has 0 N–H and O–H groups in total.